The Bertz CT molecular complexity index is 716. The lowest BCUT2D eigenvalue weighted by Gasteiger charge is -1.93. The van der Waals surface area contributed by atoms with Gasteiger partial charge in [-0.2, -0.15) is 0 Å². The number of thiazole rings is 1. The monoisotopic (exact) mass is 280 g/mol. The Kier molecular flexibility index (Phi) is 1.90. The van der Waals surface area contributed by atoms with Gasteiger partial charge in [0.1, 0.15) is 0 Å². The van der Waals surface area contributed by atoms with Gasteiger partial charge in [-0.3, -0.25) is 9.20 Å². The predicted octanol–water partition coefficient (Wildman–Crippen LogP) is 2.67. The molecule has 3 aromatic rings. The molecule has 0 saturated heterocycles. The van der Waals surface area contributed by atoms with E-state index in [2.05, 4.69) is 20.9 Å². The van der Waals surface area contributed by atoms with Crippen LogP contribution in [-0.4, -0.2) is 9.38 Å². The topological polar surface area (TPSA) is 34.4 Å². The maximum atomic E-state index is 11.7. The fourth-order valence-electron chi connectivity index (χ4n) is 1.54. The Labute approximate surface area is 97.1 Å². The molecular formula is C10H5BrN2OS. The van der Waals surface area contributed by atoms with Crippen molar-refractivity contribution in [2.24, 2.45) is 0 Å². The van der Waals surface area contributed by atoms with Gasteiger partial charge in [-0.1, -0.05) is 27.3 Å². The summed E-state index contributed by atoms with van der Waals surface area (Å²) >= 11 is 4.92. The van der Waals surface area contributed by atoms with Crippen molar-refractivity contribution in [1.82, 2.24) is 9.38 Å². The van der Waals surface area contributed by atoms with E-state index in [1.807, 2.05) is 18.2 Å². The molecule has 15 heavy (non-hydrogen) atoms. The van der Waals surface area contributed by atoms with Gasteiger partial charge in [-0.15, -0.1) is 0 Å². The molecule has 2 heterocycles. The first-order valence-electron chi connectivity index (χ1n) is 4.31. The van der Waals surface area contributed by atoms with Crippen molar-refractivity contribution in [2.45, 2.75) is 0 Å². The second kappa shape index (κ2) is 3.15. The Hall–Kier alpha value is -1.20. The molecule has 0 unspecified atom stereocenters. The molecule has 0 aliphatic carbocycles. The quantitative estimate of drug-likeness (QED) is 0.635. The highest BCUT2D eigenvalue weighted by molar-refractivity contribution is 9.10. The summed E-state index contributed by atoms with van der Waals surface area (Å²) < 4.78 is 3.70. The van der Waals surface area contributed by atoms with E-state index in [1.165, 1.54) is 17.4 Å². The van der Waals surface area contributed by atoms with Gasteiger partial charge in [0, 0.05) is 16.7 Å². The molecular weight excluding hydrogens is 276 g/mol. The Balaban J connectivity index is 2.65. The summed E-state index contributed by atoms with van der Waals surface area (Å²) in [5.41, 5.74) is 0.880. The molecule has 0 N–H and O–H groups in total. The second-order valence-electron chi connectivity index (χ2n) is 3.12. The highest BCUT2D eigenvalue weighted by atomic mass is 79.9. The number of nitrogens with zero attached hydrogens (tertiary/aromatic N) is 2. The molecule has 1 aromatic carbocycles. The molecule has 0 spiro atoms. The molecule has 3 rings (SSSR count). The van der Waals surface area contributed by atoms with Crippen LogP contribution in [0.1, 0.15) is 0 Å². The summed E-state index contributed by atoms with van der Waals surface area (Å²) in [6.45, 7) is 0. The summed E-state index contributed by atoms with van der Waals surface area (Å²) in [6.07, 6.45) is 1.54. The Morgan fingerprint density at radius 3 is 3.07 bits per heavy atom. The maximum absolute atomic E-state index is 11.7. The van der Waals surface area contributed by atoms with Gasteiger partial charge in [-0.25, -0.2) is 4.98 Å². The minimum absolute atomic E-state index is 0.0337. The largest absolute Gasteiger partial charge is 0.269 e. The van der Waals surface area contributed by atoms with Crippen LogP contribution in [-0.2, 0) is 0 Å². The Morgan fingerprint density at radius 2 is 2.20 bits per heavy atom. The number of hydrogen-bond donors (Lipinski definition) is 0. The number of rotatable bonds is 0. The third kappa shape index (κ3) is 1.31. The molecule has 74 valence electrons. The number of benzene rings is 1. The minimum Gasteiger partial charge on any atom is -0.269 e. The van der Waals surface area contributed by atoms with E-state index < -0.39 is 0 Å². The number of aromatic nitrogens is 2. The molecule has 0 atom stereocenters. The summed E-state index contributed by atoms with van der Waals surface area (Å²) in [6, 6.07) is 7.31. The van der Waals surface area contributed by atoms with Gasteiger partial charge in [0.2, 0.25) is 0 Å². The predicted molar refractivity (Wildman–Crippen MR) is 64.5 cm³/mol. The van der Waals surface area contributed by atoms with Crippen molar-refractivity contribution in [2.75, 3.05) is 0 Å². The zero-order valence-electron chi connectivity index (χ0n) is 7.48. The van der Waals surface area contributed by atoms with Crippen molar-refractivity contribution in [1.29, 1.82) is 0 Å². The highest BCUT2D eigenvalue weighted by Gasteiger charge is 2.06. The van der Waals surface area contributed by atoms with Crippen molar-refractivity contribution in [3.05, 3.63) is 45.3 Å². The number of hydrogen-bond acceptors (Lipinski definition) is 3. The number of halogens is 1. The summed E-state index contributed by atoms with van der Waals surface area (Å²) in [4.78, 5) is 16.6. The van der Waals surface area contributed by atoms with Crippen molar-refractivity contribution in [3.63, 3.8) is 0 Å². The average Bonchev–Trinajstić information content (AvgIpc) is 2.56. The lowest BCUT2D eigenvalue weighted by Crippen LogP contribution is -2.10. The van der Waals surface area contributed by atoms with E-state index in [0.29, 0.717) is 0 Å². The third-order valence-electron chi connectivity index (χ3n) is 2.18. The molecule has 0 saturated carbocycles. The van der Waals surface area contributed by atoms with Gasteiger partial charge in [0.25, 0.3) is 5.56 Å². The summed E-state index contributed by atoms with van der Waals surface area (Å²) in [7, 11) is 0. The fraction of sp³-hybridized carbons (Fsp3) is 0. The average molecular weight is 281 g/mol. The molecule has 3 nitrogen and oxygen atoms in total. The van der Waals surface area contributed by atoms with E-state index in [0.717, 1.165) is 19.7 Å². The van der Waals surface area contributed by atoms with Crippen LogP contribution < -0.4 is 5.56 Å². The van der Waals surface area contributed by atoms with Crippen molar-refractivity contribution >= 4 is 42.4 Å². The van der Waals surface area contributed by atoms with Crippen LogP contribution >= 0.6 is 27.3 Å². The van der Waals surface area contributed by atoms with Gasteiger partial charge in [-0.05, 0) is 18.2 Å². The van der Waals surface area contributed by atoms with Crippen LogP contribution in [0.15, 0.2) is 39.7 Å². The van der Waals surface area contributed by atoms with Crippen molar-refractivity contribution < 1.29 is 0 Å². The first-order chi connectivity index (χ1) is 7.25. The molecule has 0 radical (unpaired) electrons. The van der Waals surface area contributed by atoms with E-state index in [4.69, 9.17) is 0 Å². The molecule has 0 amide bonds. The van der Waals surface area contributed by atoms with Crippen LogP contribution in [0.5, 0.6) is 0 Å². The molecule has 0 aliphatic rings. The van der Waals surface area contributed by atoms with Crippen LogP contribution in [0.2, 0.25) is 0 Å². The lowest BCUT2D eigenvalue weighted by molar-refractivity contribution is 1.12. The zero-order chi connectivity index (χ0) is 10.4. The summed E-state index contributed by atoms with van der Waals surface area (Å²) in [5.74, 6) is 0. The van der Waals surface area contributed by atoms with E-state index >= 15 is 0 Å². The summed E-state index contributed by atoms with van der Waals surface area (Å²) in [5, 5.41) is 0. The first-order valence-corrected chi connectivity index (χ1v) is 5.92. The lowest BCUT2D eigenvalue weighted by atomic mass is 10.3. The number of fused-ring (bicyclic) bond motifs is 3. The molecule has 0 aliphatic heterocycles. The third-order valence-corrected chi connectivity index (χ3v) is 3.69. The molecule has 0 bridgehead atoms. The molecule has 2 aromatic heterocycles. The minimum atomic E-state index is -0.0337. The standard InChI is InChI=1S/C10H5BrN2OS/c11-6-1-2-7-8(5-6)15-10-12-4-3-9(14)13(7)10/h1-5H. The normalized spacial score (nSPS) is 11.3. The van der Waals surface area contributed by atoms with Gasteiger partial charge in [0.15, 0.2) is 4.96 Å². The van der Waals surface area contributed by atoms with Crippen LogP contribution in [0.3, 0.4) is 0 Å². The first kappa shape index (κ1) is 9.06. The van der Waals surface area contributed by atoms with Crippen LogP contribution in [0.4, 0.5) is 0 Å². The smallest absolute Gasteiger partial charge is 0.258 e. The highest BCUT2D eigenvalue weighted by Crippen LogP contribution is 2.26. The SMILES string of the molecule is O=c1ccnc2sc3cc(Br)ccc3n12. The van der Waals surface area contributed by atoms with Crippen LogP contribution in [0, 0.1) is 0 Å². The van der Waals surface area contributed by atoms with E-state index in [1.54, 1.807) is 10.6 Å². The van der Waals surface area contributed by atoms with Gasteiger partial charge >= 0.3 is 0 Å². The molecule has 5 heteroatoms. The van der Waals surface area contributed by atoms with Crippen LogP contribution in [0.25, 0.3) is 15.2 Å². The van der Waals surface area contributed by atoms with Crippen molar-refractivity contribution in [3.8, 4) is 0 Å². The van der Waals surface area contributed by atoms with E-state index in [9.17, 15) is 4.79 Å². The van der Waals surface area contributed by atoms with Gasteiger partial charge in [0.05, 0.1) is 10.2 Å². The zero-order valence-corrected chi connectivity index (χ0v) is 9.88. The van der Waals surface area contributed by atoms with E-state index in [-0.39, 0.29) is 5.56 Å². The maximum Gasteiger partial charge on any atom is 0.258 e. The Morgan fingerprint density at radius 1 is 1.33 bits per heavy atom. The second-order valence-corrected chi connectivity index (χ2v) is 5.04. The van der Waals surface area contributed by atoms with Gasteiger partial charge < -0.3 is 0 Å². The fourth-order valence-corrected chi connectivity index (χ4v) is 3.09. The molecule has 0 fully saturated rings.